The number of aromatic nitrogens is 2. The number of para-hydroxylation sites is 1. The van der Waals surface area contributed by atoms with Crippen LogP contribution in [0.2, 0.25) is 0 Å². The SMILES string of the molecule is CNC/C=C/C(=O)N1CCC(Nc2ncnc(N)c2C(=N)c2ccc(Oc3ccccc3)cc2)C1. The third-order valence-electron chi connectivity index (χ3n) is 5.67. The van der Waals surface area contributed by atoms with E-state index in [0.29, 0.717) is 42.3 Å². The minimum atomic E-state index is -0.0162. The largest absolute Gasteiger partial charge is 0.457 e. The van der Waals surface area contributed by atoms with Crippen LogP contribution in [0.25, 0.3) is 0 Å². The highest BCUT2D eigenvalue weighted by atomic mass is 16.5. The predicted molar refractivity (Wildman–Crippen MR) is 137 cm³/mol. The van der Waals surface area contributed by atoms with Crippen molar-refractivity contribution in [2.75, 3.05) is 37.7 Å². The fraction of sp³-hybridized carbons (Fsp3) is 0.231. The number of nitrogens with one attached hydrogen (secondary N) is 3. The Hall–Kier alpha value is -4.24. The first-order chi connectivity index (χ1) is 17.0. The molecule has 0 radical (unpaired) electrons. The van der Waals surface area contributed by atoms with E-state index in [2.05, 4.69) is 20.6 Å². The van der Waals surface area contributed by atoms with Crippen molar-refractivity contribution in [1.29, 1.82) is 5.41 Å². The highest BCUT2D eigenvalue weighted by Crippen LogP contribution is 2.26. The molecule has 5 N–H and O–H groups in total. The van der Waals surface area contributed by atoms with Crippen molar-refractivity contribution >= 4 is 23.3 Å². The van der Waals surface area contributed by atoms with Crippen molar-refractivity contribution in [2.45, 2.75) is 12.5 Å². The second-order valence-corrected chi connectivity index (χ2v) is 8.17. The van der Waals surface area contributed by atoms with Crippen LogP contribution in [-0.4, -0.2) is 59.2 Å². The average molecular weight is 472 g/mol. The Bertz CT molecular complexity index is 1200. The number of nitrogen functional groups attached to an aromatic ring is 1. The van der Waals surface area contributed by atoms with Gasteiger partial charge in [0.25, 0.3) is 0 Å². The zero-order valence-corrected chi connectivity index (χ0v) is 19.6. The van der Waals surface area contributed by atoms with E-state index in [0.717, 1.165) is 12.2 Å². The first-order valence-electron chi connectivity index (χ1n) is 11.4. The molecule has 1 fully saturated rings. The van der Waals surface area contributed by atoms with E-state index in [-0.39, 0.29) is 23.5 Å². The molecule has 1 aliphatic heterocycles. The van der Waals surface area contributed by atoms with Gasteiger partial charge in [-0.1, -0.05) is 24.3 Å². The molecular formula is C26H29N7O2. The van der Waals surface area contributed by atoms with Crippen LogP contribution in [-0.2, 0) is 4.79 Å². The number of ether oxygens (including phenoxy) is 1. The summed E-state index contributed by atoms with van der Waals surface area (Å²) in [6, 6.07) is 16.8. The van der Waals surface area contributed by atoms with E-state index in [1.807, 2.05) is 67.7 Å². The first-order valence-corrected chi connectivity index (χ1v) is 11.4. The number of likely N-dealkylation sites (tertiary alicyclic amines) is 1. The van der Waals surface area contributed by atoms with Crippen molar-refractivity contribution in [3.05, 3.63) is 84.2 Å². The van der Waals surface area contributed by atoms with E-state index in [9.17, 15) is 4.79 Å². The maximum Gasteiger partial charge on any atom is 0.246 e. The maximum absolute atomic E-state index is 12.4. The van der Waals surface area contributed by atoms with E-state index in [1.165, 1.54) is 6.33 Å². The van der Waals surface area contributed by atoms with Crippen molar-refractivity contribution in [3.8, 4) is 11.5 Å². The monoisotopic (exact) mass is 471 g/mol. The van der Waals surface area contributed by atoms with Gasteiger partial charge in [0.1, 0.15) is 29.5 Å². The van der Waals surface area contributed by atoms with E-state index >= 15 is 0 Å². The second kappa shape index (κ2) is 11.3. The summed E-state index contributed by atoms with van der Waals surface area (Å²) < 4.78 is 5.84. The van der Waals surface area contributed by atoms with Crippen LogP contribution in [0.4, 0.5) is 11.6 Å². The summed E-state index contributed by atoms with van der Waals surface area (Å²) in [4.78, 5) is 22.6. The Kier molecular flexibility index (Phi) is 7.69. The number of hydrogen-bond acceptors (Lipinski definition) is 8. The van der Waals surface area contributed by atoms with Gasteiger partial charge in [0.2, 0.25) is 5.91 Å². The maximum atomic E-state index is 12.4. The van der Waals surface area contributed by atoms with E-state index in [4.69, 9.17) is 15.9 Å². The number of rotatable bonds is 9. The van der Waals surface area contributed by atoms with Gasteiger partial charge in [-0.15, -0.1) is 0 Å². The van der Waals surface area contributed by atoms with Crippen molar-refractivity contribution in [1.82, 2.24) is 20.2 Å². The number of likely N-dealkylation sites (N-methyl/N-ethyl adjacent to an activating group) is 1. The van der Waals surface area contributed by atoms with Crippen LogP contribution in [0, 0.1) is 5.41 Å². The third kappa shape index (κ3) is 6.01. The van der Waals surface area contributed by atoms with Gasteiger partial charge in [0.15, 0.2) is 0 Å². The Morgan fingerprint density at radius 1 is 1.17 bits per heavy atom. The Balaban J connectivity index is 1.45. The molecule has 0 aliphatic carbocycles. The Morgan fingerprint density at radius 3 is 2.66 bits per heavy atom. The predicted octanol–water partition coefficient (Wildman–Crippen LogP) is 3.06. The van der Waals surface area contributed by atoms with Gasteiger partial charge in [0.05, 0.1) is 11.3 Å². The van der Waals surface area contributed by atoms with Gasteiger partial charge in [-0.2, -0.15) is 0 Å². The second-order valence-electron chi connectivity index (χ2n) is 8.17. The molecule has 1 saturated heterocycles. The van der Waals surface area contributed by atoms with E-state index in [1.54, 1.807) is 11.0 Å². The lowest BCUT2D eigenvalue weighted by molar-refractivity contribution is -0.125. The van der Waals surface area contributed by atoms with Gasteiger partial charge in [-0.05, 0) is 49.9 Å². The summed E-state index contributed by atoms with van der Waals surface area (Å²) in [7, 11) is 1.83. The molecule has 9 nitrogen and oxygen atoms in total. The molecule has 1 unspecified atom stereocenters. The van der Waals surface area contributed by atoms with Crippen LogP contribution in [0.1, 0.15) is 17.5 Å². The van der Waals surface area contributed by atoms with Crippen molar-refractivity contribution in [2.24, 2.45) is 0 Å². The van der Waals surface area contributed by atoms with Gasteiger partial charge in [0, 0.05) is 37.3 Å². The zero-order valence-electron chi connectivity index (χ0n) is 19.6. The third-order valence-corrected chi connectivity index (χ3v) is 5.67. The standard InChI is InChI=1S/C26H29N7O2/c1-29-14-5-8-22(34)33-15-13-19(16-33)32-26-23(25(28)30-17-31-26)24(27)18-9-11-21(12-10-18)35-20-6-3-2-4-7-20/h2-12,17,19,27,29H,13-16H2,1H3,(H3,28,30,31,32)/b8-5+,27-24?. The minimum Gasteiger partial charge on any atom is -0.457 e. The summed E-state index contributed by atoms with van der Waals surface area (Å²) >= 11 is 0. The molecule has 1 atom stereocenters. The lowest BCUT2D eigenvalue weighted by Crippen LogP contribution is -2.31. The molecule has 1 amide bonds. The van der Waals surface area contributed by atoms with Crippen LogP contribution in [0.15, 0.2) is 73.1 Å². The molecule has 35 heavy (non-hydrogen) atoms. The smallest absolute Gasteiger partial charge is 0.246 e. The van der Waals surface area contributed by atoms with Crippen LogP contribution in [0.5, 0.6) is 11.5 Å². The molecule has 9 heteroatoms. The molecule has 2 heterocycles. The molecular weight excluding hydrogens is 442 g/mol. The Labute approximate surface area is 204 Å². The number of nitrogens with two attached hydrogens (primary N) is 1. The van der Waals surface area contributed by atoms with Crippen LogP contribution >= 0.6 is 0 Å². The molecule has 0 bridgehead atoms. The lowest BCUT2D eigenvalue weighted by atomic mass is 10.0. The molecule has 1 aliphatic rings. The fourth-order valence-corrected chi connectivity index (χ4v) is 3.87. The lowest BCUT2D eigenvalue weighted by Gasteiger charge is -2.18. The molecule has 0 saturated carbocycles. The quantitative estimate of drug-likeness (QED) is 0.279. The Morgan fingerprint density at radius 2 is 1.91 bits per heavy atom. The number of amides is 1. The number of benzene rings is 2. The van der Waals surface area contributed by atoms with Gasteiger partial charge in [-0.25, -0.2) is 9.97 Å². The number of nitrogens with zero attached hydrogens (tertiary/aromatic N) is 3. The minimum absolute atomic E-state index is 0.000788. The van der Waals surface area contributed by atoms with Crippen LogP contribution in [0.3, 0.4) is 0 Å². The normalized spacial score (nSPS) is 15.3. The number of hydrogen-bond donors (Lipinski definition) is 4. The number of carbonyl (C=O) groups excluding carboxylic acids is 1. The number of carbonyl (C=O) groups is 1. The topological polar surface area (TPSA) is 129 Å². The zero-order chi connectivity index (χ0) is 24.6. The van der Waals surface area contributed by atoms with Crippen LogP contribution < -0.4 is 21.1 Å². The molecule has 0 spiro atoms. The summed E-state index contributed by atoms with van der Waals surface area (Å²) in [5, 5.41) is 15.2. The van der Waals surface area contributed by atoms with Crippen molar-refractivity contribution in [3.63, 3.8) is 0 Å². The molecule has 180 valence electrons. The highest BCUT2D eigenvalue weighted by molar-refractivity contribution is 6.16. The average Bonchev–Trinajstić information content (AvgIpc) is 3.34. The molecule has 1 aromatic heterocycles. The van der Waals surface area contributed by atoms with Crippen molar-refractivity contribution < 1.29 is 9.53 Å². The van der Waals surface area contributed by atoms with Gasteiger partial charge < -0.3 is 26.0 Å². The summed E-state index contributed by atoms with van der Waals surface area (Å²) in [5.74, 6) is 2.10. The molecule has 4 rings (SSSR count). The summed E-state index contributed by atoms with van der Waals surface area (Å²) in [6.45, 7) is 1.84. The van der Waals surface area contributed by atoms with E-state index < -0.39 is 0 Å². The fourth-order valence-electron chi connectivity index (χ4n) is 3.87. The van der Waals surface area contributed by atoms with Gasteiger partial charge >= 0.3 is 0 Å². The highest BCUT2D eigenvalue weighted by Gasteiger charge is 2.27. The summed E-state index contributed by atoms with van der Waals surface area (Å²) in [5.41, 5.74) is 7.47. The molecule has 2 aromatic carbocycles. The first kappa shape index (κ1) is 23.9. The summed E-state index contributed by atoms with van der Waals surface area (Å²) in [6.07, 6.45) is 5.55. The van der Waals surface area contributed by atoms with Gasteiger partial charge in [-0.3, -0.25) is 10.2 Å². The molecule has 3 aromatic rings. The number of anilines is 2.